The van der Waals surface area contributed by atoms with Crippen molar-refractivity contribution in [3.8, 4) is 0 Å². The number of carbonyl (C=O) groups excluding carboxylic acids is 2. The molecular weight excluding hydrogens is 258 g/mol. The summed E-state index contributed by atoms with van der Waals surface area (Å²) in [6, 6.07) is 0.349. The molecule has 0 aromatic heterocycles. The van der Waals surface area contributed by atoms with Crippen LogP contribution in [-0.2, 0) is 14.3 Å². The van der Waals surface area contributed by atoms with E-state index in [2.05, 4.69) is 10.6 Å². The molecule has 2 heterocycles. The summed E-state index contributed by atoms with van der Waals surface area (Å²) in [5.41, 5.74) is 0. The van der Waals surface area contributed by atoms with E-state index in [0.29, 0.717) is 13.2 Å². The average Bonchev–Trinajstić information content (AvgIpc) is 2.87. The Labute approximate surface area is 120 Å². The Morgan fingerprint density at radius 2 is 1.95 bits per heavy atom. The van der Waals surface area contributed by atoms with Gasteiger partial charge in [0.05, 0.1) is 19.1 Å². The lowest BCUT2D eigenvalue weighted by atomic mass is 9.98. The molecule has 2 aliphatic heterocycles. The monoisotopic (exact) mass is 283 g/mol. The van der Waals surface area contributed by atoms with Crippen molar-refractivity contribution in [2.75, 3.05) is 32.8 Å². The number of ether oxygens (including phenoxy) is 1. The van der Waals surface area contributed by atoms with E-state index >= 15 is 0 Å². The maximum Gasteiger partial charge on any atom is 0.229 e. The fraction of sp³-hybridized carbons (Fsp3) is 0.857. The van der Waals surface area contributed by atoms with Crippen LogP contribution in [0.3, 0.4) is 0 Å². The molecule has 0 radical (unpaired) electrons. The molecule has 114 valence electrons. The van der Waals surface area contributed by atoms with Gasteiger partial charge in [0.1, 0.15) is 0 Å². The second kappa shape index (κ2) is 7.04. The summed E-state index contributed by atoms with van der Waals surface area (Å²) in [6.07, 6.45) is 1.68. The first kappa shape index (κ1) is 15.3. The van der Waals surface area contributed by atoms with Gasteiger partial charge in [-0.1, -0.05) is 6.92 Å². The van der Waals surface area contributed by atoms with Crippen LogP contribution in [0.1, 0.15) is 26.7 Å². The van der Waals surface area contributed by atoms with Crippen LogP contribution >= 0.6 is 0 Å². The third-order valence-corrected chi connectivity index (χ3v) is 4.08. The molecule has 2 aliphatic rings. The molecule has 0 aromatic carbocycles. The van der Waals surface area contributed by atoms with Crippen molar-refractivity contribution in [3.05, 3.63) is 0 Å². The van der Waals surface area contributed by atoms with Crippen LogP contribution in [0.25, 0.3) is 0 Å². The minimum Gasteiger partial charge on any atom is -0.379 e. The third-order valence-electron chi connectivity index (χ3n) is 4.08. The number of likely N-dealkylation sites (tertiary alicyclic amines) is 1. The van der Waals surface area contributed by atoms with Crippen molar-refractivity contribution in [3.63, 3.8) is 0 Å². The largest absolute Gasteiger partial charge is 0.379 e. The molecule has 6 heteroatoms. The molecule has 0 aliphatic carbocycles. The first-order valence-electron chi connectivity index (χ1n) is 7.48. The summed E-state index contributed by atoms with van der Waals surface area (Å²) < 4.78 is 5.44. The van der Waals surface area contributed by atoms with Gasteiger partial charge in [-0.2, -0.15) is 0 Å². The number of hydrogen-bond donors (Lipinski definition) is 2. The number of hydrogen-bond acceptors (Lipinski definition) is 4. The number of piperidine rings is 1. The molecular formula is C14H25N3O3. The lowest BCUT2D eigenvalue weighted by Gasteiger charge is -2.34. The Hall–Kier alpha value is -1.14. The summed E-state index contributed by atoms with van der Waals surface area (Å²) in [6.45, 7) is 7.00. The first-order chi connectivity index (χ1) is 9.61. The summed E-state index contributed by atoms with van der Waals surface area (Å²) >= 11 is 0. The predicted molar refractivity (Wildman–Crippen MR) is 75.2 cm³/mol. The van der Waals surface area contributed by atoms with Crippen molar-refractivity contribution in [2.24, 2.45) is 5.92 Å². The van der Waals surface area contributed by atoms with E-state index in [-0.39, 0.29) is 29.8 Å². The van der Waals surface area contributed by atoms with E-state index in [9.17, 15) is 9.59 Å². The molecule has 2 saturated heterocycles. The van der Waals surface area contributed by atoms with Gasteiger partial charge in [-0.3, -0.25) is 9.59 Å². The normalized spacial score (nSPS) is 27.6. The van der Waals surface area contributed by atoms with Crippen LogP contribution in [-0.4, -0.2) is 61.6 Å². The number of nitrogens with zero attached hydrogens (tertiary/aromatic N) is 1. The maximum atomic E-state index is 12.5. The second-order valence-corrected chi connectivity index (χ2v) is 5.61. The second-order valence-electron chi connectivity index (χ2n) is 5.61. The standard InChI is InChI=1S/C14H25N3O3/c1-3-15-13-9-20-8-12(13)14(19)17-6-4-11(5-7-17)16-10(2)18/h11-13,15H,3-9H2,1-2H3,(H,16,18). The van der Waals surface area contributed by atoms with Crippen LogP contribution < -0.4 is 10.6 Å². The highest BCUT2D eigenvalue weighted by Gasteiger charge is 2.37. The van der Waals surface area contributed by atoms with Gasteiger partial charge in [0, 0.05) is 32.1 Å². The van der Waals surface area contributed by atoms with E-state index in [4.69, 9.17) is 4.74 Å². The fourth-order valence-electron chi connectivity index (χ4n) is 3.03. The van der Waals surface area contributed by atoms with E-state index < -0.39 is 0 Å². The number of carbonyl (C=O) groups is 2. The molecule has 20 heavy (non-hydrogen) atoms. The van der Waals surface area contributed by atoms with Gasteiger partial charge in [-0.25, -0.2) is 0 Å². The number of likely N-dealkylation sites (N-methyl/N-ethyl adjacent to an activating group) is 1. The molecule has 2 N–H and O–H groups in total. The van der Waals surface area contributed by atoms with Crippen molar-refractivity contribution >= 4 is 11.8 Å². The van der Waals surface area contributed by atoms with Crippen molar-refractivity contribution in [1.82, 2.24) is 15.5 Å². The molecule has 0 spiro atoms. The zero-order valence-corrected chi connectivity index (χ0v) is 12.4. The zero-order valence-electron chi connectivity index (χ0n) is 12.4. The smallest absolute Gasteiger partial charge is 0.229 e. The van der Waals surface area contributed by atoms with Gasteiger partial charge in [0.25, 0.3) is 0 Å². The first-order valence-corrected chi connectivity index (χ1v) is 7.48. The van der Waals surface area contributed by atoms with E-state index in [0.717, 1.165) is 32.5 Å². The molecule has 0 aromatic rings. The number of amides is 2. The Morgan fingerprint density at radius 1 is 1.25 bits per heavy atom. The topological polar surface area (TPSA) is 70.7 Å². The van der Waals surface area contributed by atoms with Gasteiger partial charge in [0.15, 0.2) is 0 Å². The van der Waals surface area contributed by atoms with E-state index in [1.165, 1.54) is 6.92 Å². The summed E-state index contributed by atoms with van der Waals surface area (Å²) in [7, 11) is 0. The number of nitrogens with one attached hydrogen (secondary N) is 2. The Bertz CT molecular complexity index is 354. The molecule has 2 unspecified atom stereocenters. The van der Waals surface area contributed by atoms with Crippen LogP contribution in [0.5, 0.6) is 0 Å². The Kier molecular flexibility index (Phi) is 5.37. The van der Waals surface area contributed by atoms with E-state index in [1.807, 2.05) is 11.8 Å². The van der Waals surface area contributed by atoms with Gasteiger partial charge in [-0.05, 0) is 19.4 Å². The minimum absolute atomic E-state index is 0.00572. The van der Waals surface area contributed by atoms with Gasteiger partial charge in [-0.15, -0.1) is 0 Å². The molecule has 2 rings (SSSR count). The van der Waals surface area contributed by atoms with Crippen LogP contribution in [0.15, 0.2) is 0 Å². The Morgan fingerprint density at radius 3 is 2.55 bits per heavy atom. The SMILES string of the molecule is CCNC1COCC1C(=O)N1CCC(NC(C)=O)CC1. The van der Waals surface area contributed by atoms with Gasteiger partial charge < -0.3 is 20.3 Å². The molecule has 6 nitrogen and oxygen atoms in total. The van der Waals surface area contributed by atoms with Gasteiger partial charge in [0.2, 0.25) is 11.8 Å². The maximum absolute atomic E-state index is 12.5. The fourth-order valence-corrected chi connectivity index (χ4v) is 3.03. The minimum atomic E-state index is -0.0627. The highest BCUT2D eigenvalue weighted by Crippen LogP contribution is 2.20. The summed E-state index contributed by atoms with van der Waals surface area (Å²) in [4.78, 5) is 25.5. The van der Waals surface area contributed by atoms with Crippen LogP contribution in [0.2, 0.25) is 0 Å². The zero-order chi connectivity index (χ0) is 14.5. The van der Waals surface area contributed by atoms with E-state index in [1.54, 1.807) is 0 Å². The molecule has 0 bridgehead atoms. The van der Waals surface area contributed by atoms with Crippen LogP contribution in [0, 0.1) is 5.92 Å². The average molecular weight is 283 g/mol. The lowest BCUT2D eigenvalue weighted by Crippen LogP contribution is -2.51. The lowest BCUT2D eigenvalue weighted by molar-refractivity contribution is -0.137. The summed E-state index contributed by atoms with van der Waals surface area (Å²) in [5.74, 6) is 0.133. The van der Waals surface area contributed by atoms with Crippen molar-refractivity contribution < 1.29 is 14.3 Å². The molecule has 2 atom stereocenters. The number of rotatable bonds is 4. The summed E-state index contributed by atoms with van der Waals surface area (Å²) in [5, 5.41) is 6.25. The van der Waals surface area contributed by atoms with Crippen LogP contribution in [0.4, 0.5) is 0 Å². The highest BCUT2D eigenvalue weighted by molar-refractivity contribution is 5.80. The highest BCUT2D eigenvalue weighted by atomic mass is 16.5. The van der Waals surface area contributed by atoms with Crippen molar-refractivity contribution in [2.45, 2.75) is 38.8 Å². The quantitative estimate of drug-likeness (QED) is 0.746. The predicted octanol–water partition coefficient (Wildman–Crippen LogP) is -0.262. The molecule has 0 saturated carbocycles. The molecule has 2 fully saturated rings. The van der Waals surface area contributed by atoms with Crippen molar-refractivity contribution in [1.29, 1.82) is 0 Å². The third kappa shape index (κ3) is 3.70. The Balaban J connectivity index is 1.83. The molecule has 2 amide bonds. The van der Waals surface area contributed by atoms with Gasteiger partial charge >= 0.3 is 0 Å².